The van der Waals surface area contributed by atoms with Crippen molar-refractivity contribution in [2.24, 2.45) is 0 Å². The van der Waals surface area contributed by atoms with Crippen molar-refractivity contribution < 1.29 is 18.0 Å². The number of nitrogens with zero attached hydrogens (tertiary/aromatic N) is 1. The van der Waals surface area contributed by atoms with Crippen LogP contribution < -0.4 is 10.9 Å². The number of carbonyl (C=O) groups excluding carboxylic acids is 1. The molecule has 0 bridgehead atoms. The average molecular weight is 406 g/mol. The maximum atomic E-state index is 12.7. The molecule has 5 nitrogen and oxygen atoms in total. The minimum atomic E-state index is -4.54. The Hall–Kier alpha value is -2.00. The van der Waals surface area contributed by atoms with E-state index in [-0.39, 0.29) is 27.2 Å². The molecule has 0 radical (unpaired) electrons. The number of benzene rings is 1. The molecule has 2 rings (SSSR count). The van der Waals surface area contributed by atoms with E-state index in [1.165, 1.54) is 0 Å². The number of thioether (sulfide) groups is 1. The summed E-state index contributed by atoms with van der Waals surface area (Å²) in [6.07, 6.45) is -3.98. The molecule has 0 fully saturated rings. The van der Waals surface area contributed by atoms with Crippen molar-refractivity contribution >= 4 is 35.0 Å². The van der Waals surface area contributed by atoms with Crippen molar-refractivity contribution in [2.45, 2.75) is 31.6 Å². The van der Waals surface area contributed by atoms with Gasteiger partial charge in [0, 0.05) is 5.56 Å². The van der Waals surface area contributed by atoms with Gasteiger partial charge in [0.25, 0.3) is 5.56 Å². The maximum absolute atomic E-state index is 12.7. The molecule has 0 unspecified atom stereocenters. The number of nitrogens with one attached hydrogen (secondary N) is 2. The Kier molecular flexibility index (Phi) is 6.35. The zero-order chi connectivity index (χ0) is 19.5. The summed E-state index contributed by atoms with van der Waals surface area (Å²) in [7, 11) is 0. The molecule has 0 saturated carbocycles. The lowest BCUT2D eigenvalue weighted by Crippen LogP contribution is -2.18. The highest BCUT2D eigenvalue weighted by Crippen LogP contribution is 2.33. The van der Waals surface area contributed by atoms with Crippen LogP contribution in [0, 0.1) is 6.92 Å². The first kappa shape index (κ1) is 20.3. The first-order valence-electron chi connectivity index (χ1n) is 7.51. The van der Waals surface area contributed by atoms with Gasteiger partial charge in [0.05, 0.1) is 27.7 Å². The summed E-state index contributed by atoms with van der Waals surface area (Å²) in [5, 5.41) is 2.59. The van der Waals surface area contributed by atoms with Gasteiger partial charge in [0.2, 0.25) is 5.91 Å². The molecule has 1 heterocycles. The monoisotopic (exact) mass is 405 g/mol. The van der Waals surface area contributed by atoms with E-state index in [2.05, 4.69) is 15.3 Å². The highest BCUT2D eigenvalue weighted by atomic mass is 35.5. The Balaban J connectivity index is 2.08. The van der Waals surface area contributed by atoms with Gasteiger partial charge in [0.1, 0.15) is 0 Å². The van der Waals surface area contributed by atoms with Gasteiger partial charge in [-0.2, -0.15) is 13.2 Å². The lowest BCUT2D eigenvalue weighted by Gasteiger charge is -2.11. The lowest BCUT2D eigenvalue weighted by molar-refractivity contribution is -0.137. The first-order chi connectivity index (χ1) is 12.1. The van der Waals surface area contributed by atoms with Crippen molar-refractivity contribution in [3.05, 3.63) is 50.4 Å². The summed E-state index contributed by atoms with van der Waals surface area (Å²) in [5.41, 5.74) is -0.205. The van der Waals surface area contributed by atoms with Crippen molar-refractivity contribution in [1.29, 1.82) is 0 Å². The van der Waals surface area contributed by atoms with Gasteiger partial charge in [0.15, 0.2) is 5.16 Å². The highest BCUT2D eigenvalue weighted by Gasteiger charge is 2.31. The molecule has 1 amide bonds. The fraction of sp³-hybridized carbons (Fsp3) is 0.312. The second kappa shape index (κ2) is 8.13. The normalized spacial score (nSPS) is 11.5. The van der Waals surface area contributed by atoms with Crippen molar-refractivity contribution in [3.8, 4) is 0 Å². The van der Waals surface area contributed by atoms with E-state index >= 15 is 0 Å². The van der Waals surface area contributed by atoms with E-state index in [1.54, 1.807) is 6.92 Å². The molecule has 0 aliphatic heterocycles. The van der Waals surface area contributed by atoms with Crippen molar-refractivity contribution in [1.82, 2.24) is 9.97 Å². The van der Waals surface area contributed by atoms with Gasteiger partial charge < -0.3 is 10.3 Å². The molecule has 2 aromatic rings. The minimum Gasteiger partial charge on any atom is -0.324 e. The Morgan fingerprint density at radius 1 is 1.38 bits per heavy atom. The molecule has 0 saturated heterocycles. The molecule has 1 aromatic carbocycles. The number of hydrogen-bond acceptors (Lipinski definition) is 4. The molecule has 0 spiro atoms. The molecule has 0 atom stereocenters. The smallest absolute Gasteiger partial charge is 0.324 e. The van der Waals surface area contributed by atoms with Crippen molar-refractivity contribution in [2.75, 3.05) is 11.1 Å². The van der Waals surface area contributed by atoms with Gasteiger partial charge in [-0.05, 0) is 31.5 Å². The Morgan fingerprint density at radius 2 is 2.08 bits per heavy atom. The summed E-state index contributed by atoms with van der Waals surface area (Å²) in [5.74, 6) is -0.723. The van der Waals surface area contributed by atoms with Crippen LogP contribution in [0.15, 0.2) is 28.2 Å². The van der Waals surface area contributed by atoms with Gasteiger partial charge >= 0.3 is 6.18 Å². The van der Waals surface area contributed by atoms with Crippen LogP contribution in [0.5, 0.6) is 0 Å². The molecule has 0 aliphatic rings. The second-order valence-corrected chi connectivity index (χ2v) is 6.70. The summed E-state index contributed by atoms with van der Waals surface area (Å²) < 4.78 is 38.2. The van der Waals surface area contributed by atoms with Crippen molar-refractivity contribution in [3.63, 3.8) is 0 Å². The van der Waals surface area contributed by atoms with Gasteiger partial charge in [-0.1, -0.05) is 30.3 Å². The number of rotatable bonds is 5. The van der Waals surface area contributed by atoms with Gasteiger partial charge in [-0.25, -0.2) is 4.98 Å². The highest BCUT2D eigenvalue weighted by molar-refractivity contribution is 7.99. The Bertz CT molecular complexity index is 884. The number of carbonyl (C=O) groups is 1. The third-order valence-corrected chi connectivity index (χ3v) is 4.68. The number of H-pyrrole nitrogens is 1. The number of hydrogen-bond donors (Lipinski definition) is 2. The number of alkyl halides is 3. The van der Waals surface area contributed by atoms with Gasteiger partial charge in [-0.15, -0.1) is 0 Å². The van der Waals surface area contributed by atoms with Crippen LogP contribution in [0.3, 0.4) is 0 Å². The van der Waals surface area contributed by atoms with Crippen LogP contribution >= 0.6 is 23.4 Å². The largest absolute Gasteiger partial charge is 0.416 e. The van der Waals surface area contributed by atoms with E-state index in [0.717, 1.165) is 30.0 Å². The third-order valence-electron chi connectivity index (χ3n) is 3.47. The van der Waals surface area contributed by atoms with E-state index in [4.69, 9.17) is 11.6 Å². The summed E-state index contributed by atoms with van der Waals surface area (Å²) in [4.78, 5) is 30.6. The molecule has 140 valence electrons. The van der Waals surface area contributed by atoms with Crippen LogP contribution in [0.2, 0.25) is 5.02 Å². The number of aryl methyl sites for hydroxylation is 1. The van der Waals surface area contributed by atoms with Crippen LogP contribution in [0.25, 0.3) is 0 Å². The molecule has 10 heteroatoms. The fourth-order valence-electron chi connectivity index (χ4n) is 2.09. The van der Waals surface area contributed by atoms with Crippen LogP contribution in [0.4, 0.5) is 18.9 Å². The average Bonchev–Trinajstić information content (AvgIpc) is 2.56. The lowest BCUT2D eigenvalue weighted by atomic mass is 10.2. The molecule has 2 N–H and O–H groups in total. The molecule has 26 heavy (non-hydrogen) atoms. The van der Waals surface area contributed by atoms with E-state index < -0.39 is 17.6 Å². The SMILES string of the molecule is CCc1nc(SCC(=O)Nc2cc(C(F)(F)F)ccc2Cl)[nH]c(=O)c1C. The molecule has 1 aromatic heterocycles. The number of aromatic amines is 1. The number of anilines is 1. The maximum Gasteiger partial charge on any atom is 0.416 e. The van der Waals surface area contributed by atoms with E-state index in [9.17, 15) is 22.8 Å². The summed E-state index contributed by atoms with van der Waals surface area (Å²) in [6.45, 7) is 3.51. The van der Waals surface area contributed by atoms with Crippen LogP contribution in [0.1, 0.15) is 23.7 Å². The Morgan fingerprint density at radius 3 is 2.69 bits per heavy atom. The van der Waals surface area contributed by atoms with Crippen LogP contribution in [-0.4, -0.2) is 21.6 Å². The topological polar surface area (TPSA) is 74.8 Å². The van der Waals surface area contributed by atoms with Gasteiger partial charge in [-0.3, -0.25) is 9.59 Å². The fourth-order valence-corrected chi connectivity index (χ4v) is 2.93. The summed E-state index contributed by atoms with van der Waals surface area (Å²) >= 11 is 6.81. The Labute approximate surface area is 156 Å². The third kappa shape index (κ3) is 5.01. The zero-order valence-electron chi connectivity index (χ0n) is 13.8. The second-order valence-electron chi connectivity index (χ2n) is 5.33. The first-order valence-corrected chi connectivity index (χ1v) is 8.87. The number of halogens is 4. The summed E-state index contributed by atoms with van der Waals surface area (Å²) in [6, 6.07) is 2.67. The standard InChI is InChI=1S/C16H15ClF3N3O2S/c1-3-11-8(2)14(25)23-15(22-11)26-7-13(24)21-12-6-9(16(18,19)20)4-5-10(12)17/h4-6H,3,7H2,1-2H3,(H,21,24)(H,22,23,25). The van der Waals surface area contributed by atoms with Crippen LogP contribution in [-0.2, 0) is 17.4 Å². The molecular formula is C16H15ClF3N3O2S. The van der Waals surface area contributed by atoms with E-state index in [1.807, 2.05) is 6.92 Å². The quantitative estimate of drug-likeness (QED) is 0.581. The molecular weight excluding hydrogens is 391 g/mol. The predicted molar refractivity (Wildman–Crippen MR) is 94.8 cm³/mol. The molecule has 0 aliphatic carbocycles. The number of amides is 1. The minimum absolute atomic E-state index is 0.00788. The predicted octanol–water partition coefficient (Wildman–Crippen LogP) is 4.04. The zero-order valence-corrected chi connectivity index (χ0v) is 15.4. The van der Waals surface area contributed by atoms with E-state index in [0.29, 0.717) is 17.7 Å². The number of aromatic nitrogens is 2.